The van der Waals surface area contributed by atoms with E-state index in [4.69, 9.17) is 4.74 Å². The van der Waals surface area contributed by atoms with Crippen LogP contribution in [0.1, 0.15) is 13.8 Å². The first kappa shape index (κ1) is 11.5. The molecular weight excluding hydrogens is 200 g/mol. The fourth-order valence-corrected chi connectivity index (χ4v) is 1.25. The number of hydrogen-bond donors (Lipinski definition) is 0. The SMILES string of the molecule is CC(C)OC(=O)CN1C(=O)CN(C)C1=O. The lowest BCUT2D eigenvalue weighted by Crippen LogP contribution is -2.37. The van der Waals surface area contributed by atoms with Crippen LogP contribution in [0, 0.1) is 0 Å². The van der Waals surface area contributed by atoms with Crippen LogP contribution in [-0.2, 0) is 14.3 Å². The summed E-state index contributed by atoms with van der Waals surface area (Å²) >= 11 is 0. The van der Waals surface area contributed by atoms with Crippen LogP contribution in [0.3, 0.4) is 0 Å². The Morgan fingerprint density at radius 3 is 2.47 bits per heavy atom. The Morgan fingerprint density at radius 2 is 2.07 bits per heavy atom. The molecule has 0 aromatic rings. The maximum atomic E-state index is 11.4. The van der Waals surface area contributed by atoms with Gasteiger partial charge in [-0.3, -0.25) is 14.5 Å². The Bertz CT molecular complexity index is 300. The van der Waals surface area contributed by atoms with Crippen LogP contribution < -0.4 is 0 Å². The van der Waals surface area contributed by atoms with Gasteiger partial charge in [0.1, 0.15) is 13.1 Å². The molecule has 0 saturated carbocycles. The van der Waals surface area contributed by atoms with Crippen molar-refractivity contribution >= 4 is 17.9 Å². The third kappa shape index (κ3) is 2.68. The molecule has 1 aliphatic heterocycles. The Balaban J connectivity index is 2.55. The van der Waals surface area contributed by atoms with Crippen molar-refractivity contribution in [2.75, 3.05) is 20.1 Å². The highest BCUT2D eigenvalue weighted by atomic mass is 16.5. The molecule has 84 valence electrons. The van der Waals surface area contributed by atoms with Gasteiger partial charge in [0, 0.05) is 7.05 Å². The smallest absolute Gasteiger partial charge is 0.327 e. The molecule has 1 heterocycles. The molecule has 1 saturated heterocycles. The van der Waals surface area contributed by atoms with Crippen LogP contribution in [-0.4, -0.2) is 53.9 Å². The molecular formula is C9H14N2O4. The van der Waals surface area contributed by atoms with Gasteiger partial charge in [-0.05, 0) is 13.8 Å². The van der Waals surface area contributed by atoms with E-state index >= 15 is 0 Å². The fraction of sp³-hybridized carbons (Fsp3) is 0.667. The number of esters is 1. The Kier molecular flexibility index (Phi) is 3.28. The van der Waals surface area contributed by atoms with Crippen LogP contribution in [0.15, 0.2) is 0 Å². The van der Waals surface area contributed by atoms with Crippen LogP contribution in [0.5, 0.6) is 0 Å². The van der Waals surface area contributed by atoms with Crippen molar-refractivity contribution in [1.82, 2.24) is 9.80 Å². The van der Waals surface area contributed by atoms with E-state index in [0.717, 1.165) is 4.90 Å². The molecule has 6 nitrogen and oxygen atoms in total. The minimum absolute atomic E-state index is 0.0216. The van der Waals surface area contributed by atoms with Gasteiger partial charge in [0.25, 0.3) is 5.91 Å². The number of ether oxygens (including phenoxy) is 1. The van der Waals surface area contributed by atoms with Crippen molar-refractivity contribution in [2.45, 2.75) is 20.0 Å². The maximum Gasteiger partial charge on any atom is 0.327 e. The Hall–Kier alpha value is -1.59. The first-order valence-corrected chi connectivity index (χ1v) is 4.66. The number of hydrogen-bond acceptors (Lipinski definition) is 4. The van der Waals surface area contributed by atoms with Gasteiger partial charge in [-0.1, -0.05) is 0 Å². The van der Waals surface area contributed by atoms with E-state index in [9.17, 15) is 14.4 Å². The number of likely N-dealkylation sites (N-methyl/N-ethyl adjacent to an activating group) is 1. The van der Waals surface area contributed by atoms with Crippen molar-refractivity contribution in [3.05, 3.63) is 0 Å². The second kappa shape index (κ2) is 4.29. The number of carbonyl (C=O) groups excluding carboxylic acids is 3. The summed E-state index contributed by atoms with van der Waals surface area (Å²) < 4.78 is 4.84. The third-order valence-corrected chi connectivity index (χ3v) is 1.89. The van der Waals surface area contributed by atoms with Gasteiger partial charge in [-0.25, -0.2) is 4.79 Å². The zero-order chi connectivity index (χ0) is 11.6. The Labute approximate surface area is 87.8 Å². The molecule has 15 heavy (non-hydrogen) atoms. The number of nitrogens with zero attached hydrogens (tertiary/aromatic N) is 2. The zero-order valence-electron chi connectivity index (χ0n) is 9.02. The second-order valence-corrected chi connectivity index (χ2v) is 3.66. The van der Waals surface area contributed by atoms with Gasteiger partial charge in [0.15, 0.2) is 0 Å². The third-order valence-electron chi connectivity index (χ3n) is 1.89. The molecule has 1 fully saturated rings. The summed E-state index contributed by atoms with van der Waals surface area (Å²) in [6.07, 6.45) is -0.247. The van der Waals surface area contributed by atoms with E-state index in [1.54, 1.807) is 13.8 Å². The highest BCUT2D eigenvalue weighted by molar-refractivity contribution is 6.03. The molecule has 0 atom stereocenters. The molecule has 3 amide bonds. The van der Waals surface area contributed by atoms with Crippen LogP contribution >= 0.6 is 0 Å². The number of rotatable bonds is 3. The summed E-state index contributed by atoms with van der Waals surface area (Å²) in [7, 11) is 1.51. The molecule has 1 aliphatic rings. The summed E-state index contributed by atoms with van der Waals surface area (Å²) in [5, 5.41) is 0. The highest BCUT2D eigenvalue weighted by Crippen LogP contribution is 2.07. The number of amides is 3. The molecule has 0 aliphatic carbocycles. The molecule has 0 unspecified atom stereocenters. The van der Waals surface area contributed by atoms with E-state index in [1.807, 2.05) is 0 Å². The van der Waals surface area contributed by atoms with Gasteiger partial charge < -0.3 is 9.64 Å². The minimum Gasteiger partial charge on any atom is -0.462 e. The average molecular weight is 214 g/mol. The quantitative estimate of drug-likeness (QED) is 0.483. The van der Waals surface area contributed by atoms with Gasteiger partial charge in [-0.2, -0.15) is 0 Å². The Morgan fingerprint density at radius 1 is 1.47 bits per heavy atom. The van der Waals surface area contributed by atoms with Crippen LogP contribution in [0.4, 0.5) is 4.79 Å². The molecule has 6 heteroatoms. The van der Waals surface area contributed by atoms with Crippen molar-refractivity contribution in [2.24, 2.45) is 0 Å². The van der Waals surface area contributed by atoms with E-state index in [0.29, 0.717) is 0 Å². The molecule has 0 bridgehead atoms. The van der Waals surface area contributed by atoms with Crippen molar-refractivity contribution < 1.29 is 19.1 Å². The van der Waals surface area contributed by atoms with Crippen molar-refractivity contribution in [1.29, 1.82) is 0 Å². The van der Waals surface area contributed by atoms with Gasteiger partial charge in [0.2, 0.25) is 0 Å². The minimum atomic E-state index is -0.568. The molecule has 0 radical (unpaired) electrons. The molecule has 0 aromatic carbocycles. The highest BCUT2D eigenvalue weighted by Gasteiger charge is 2.35. The molecule has 0 aromatic heterocycles. The predicted octanol–water partition coefficient (Wildman–Crippen LogP) is -0.168. The van der Waals surface area contributed by atoms with Gasteiger partial charge in [0.05, 0.1) is 6.10 Å². The first-order valence-electron chi connectivity index (χ1n) is 4.66. The maximum absolute atomic E-state index is 11.4. The molecule has 1 rings (SSSR count). The number of urea groups is 1. The standard InChI is InChI=1S/C9H14N2O4/c1-6(2)15-8(13)5-11-7(12)4-10(3)9(11)14/h6H,4-5H2,1-3H3. The summed E-state index contributed by atoms with van der Waals surface area (Å²) in [6, 6.07) is -0.458. The lowest BCUT2D eigenvalue weighted by molar-refractivity contribution is -0.150. The predicted molar refractivity (Wildman–Crippen MR) is 51.0 cm³/mol. The first-order chi connectivity index (χ1) is 6.91. The normalized spacial score (nSPS) is 16.5. The van der Waals surface area contributed by atoms with Gasteiger partial charge in [-0.15, -0.1) is 0 Å². The van der Waals surface area contributed by atoms with Crippen LogP contribution in [0.25, 0.3) is 0 Å². The summed E-state index contributed by atoms with van der Waals surface area (Å²) in [4.78, 5) is 36.0. The monoisotopic (exact) mass is 214 g/mol. The van der Waals surface area contributed by atoms with Crippen LogP contribution in [0.2, 0.25) is 0 Å². The summed E-state index contributed by atoms with van der Waals surface area (Å²) in [5.74, 6) is -0.940. The van der Waals surface area contributed by atoms with E-state index in [1.165, 1.54) is 11.9 Å². The number of imide groups is 1. The fourth-order valence-electron chi connectivity index (χ4n) is 1.25. The van der Waals surface area contributed by atoms with Gasteiger partial charge >= 0.3 is 12.0 Å². The average Bonchev–Trinajstić information content (AvgIpc) is 2.31. The summed E-state index contributed by atoms with van der Waals surface area (Å²) in [5.41, 5.74) is 0. The lowest BCUT2D eigenvalue weighted by Gasteiger charge is -2.14. The van der Waals surface area contributed by atoms with E-state index in [-0.39, 0.29) is 25.1 Å². The lowest BCUT2D eigenvalue weighted by atomic mass is 10.4. The zero-order valence-corrected chi connectivity index (χ0v) is 9.02. The van der Waals surface area contributed by atoms with Crippen molar-refractivity contribution in [3.8, 4) is 0 Å². The molecule has 0 spiro atoms. The van der Waals surface area contributed by atoms with Crippen molar-refractivity contribution in [3.63, 3.8) is 0 Å². The number of carbonyl (C=O) groups is 3. The second-order valence-electron chi connectivity index (χ2n) is 3.66. The molecule has 0 N–H and O–H groups in total. The van der Waals surface area contributed by atoms with E-state index < -0.39 is 12.0 Å². The largest absolute Gasteiger partial charge is 0.462 e. The topological polar surface area (TPSA) is 66.9 Å². The van der Waals surface area contributed by atoms with E-state index in [2.05, 4.69) is 0 Å². The summed E-state index contributed by atoms with van der Waals surface area (Å²) in [6.45, 7) is 3.13.